The number of hydrogen-bond donors (Lipinski definition) is 1. The van der Waals surface area contributed by atoms with Gasteiger partial charge in [0.15, 0.2) is 6.10 Å². The average Bonchev–Trinajstić information content (AvgIpc) is 3.09. The summed E-state index contributed by atoms with van der Waals surface area (Å²) in [6, 6.07) is 0. The molecule has 3 saturated heterocycles. The van der Waals surface area contributed by atoms with Gasteiger partial charge in [0.05, 0.1) is 38.2 Å². The highest BCUT2D eigenvalue weighted by Crippen LogP contribution is 2.46. The van der Waals surface area contributed by atoms with E-state index in [-0.39, 0.29) is 18.4 Å². The van der Waals surface area contributed by atoms with Gasteiger partial charge in [0, 0.05) is 49.4 Å². The van der Waals surface area contributed by atoms with E-state index in [1.807, 2.05) is 0 Å². The summed E-state index contributed by atoms with van der Waals surface area (Å²) in [7, 11) is 0. The summed E-state index contributed by atoms with van der Waals surface area (Å²) in [5, 5.41) is 8.37. The van der Waals surface area contributed by atoms with Crippen LogP contribution in [-0.4, -0.2) is 61.7 Å². The standard InChI is InChI=1S/C22H29N3O5/c1-13-18-17(3-2-15-10-25(24-19(15)18)9-14-4-5-26-11-14)29-20(13)21-22(30-21)23-8-16-12-27-6-7-28-16/h10,14,16,21-23H,2-9,11-12H2,1H3/t14-,16-,21?,22?/m1/s1. The number of nitrogens with one attached hydrogen (secondary N) is 1. The summed E-state index contributed by atoms with van der Waals surface area (Å²) in [4.78, 5) is 0. The molecule has 0 bridgehead atoms. The summed E-state index contributed by atoms with van der Waals surface area (Å²) in [6.45, 7) is 7.48. The molecule has 4 aliphatic rings. The molecule has 3 aliphatic heterocycles. The third-order valence-corrected chi connectivity index (χ3v) is 6.60. The van der Waals surface area contributed by atoms with Gasteiger partial charge in [-0.2, -0.15) is 5.10 Å². The van der Waals surface area contributed by atoms with E-state index in [1.165, 1.54) is 11.1 Å². The summed E-state index contributed by atoms with van der Waals surface area (Å²) >= 11 is 0. The second kappa shape index (κ2) is 7.76. The van der Waals surface area contributed by atoms with Crippen molar-refractivity contribution < 1.29 is 23.4 Å². The second-order valence-electron chi connectivity index (χ2n) is 8.80. The maximum atomic E-state index is 6.29. The Balaban J connectivity index is 1.16. The van der Waals surface area contributed by atoms with Crippen molar-refractivity contribution in [3.8, 4) is 11.3 Å². The van der Waals surface area contributed by atoms with Crippen molar-refractivity contribution in [3.63, 3.8) is 0 Å². The predicted molar refractivity (Wildman–Crippen MR) is 107 cm³/mol. The largest absolute Gasteiger partial charge is 0.462 e. The van der Waals surface area contributed by atoms with Gasteiger partial charge in [0.25, 0.3) is 0 Å². The molecule has 8 heteroatoms. The Bertz CT molecular complexity index is 910. The van der Waals surface area contributed by atoms with Crippen LogP contribution in [0.15, 0.2) is 10.6 Å². The van der Waals surface area contributed by atoms with Crippen LogP contribution in [0.2, 0.25) is 0 Å². The van der Waals surface area contributed by atoms with Gasteiger partial charge in [-0.15, -0.1) is 0 Å². The Kier molecular flexibility index (Phi) is 4.92. The van der Waals surface area contributed by atoms with E-state index < -0.39 is 0 Å². The SMILES string of the molecule is Cc1c(C2OC2NC[C@@H]2COCCO2)oc2c1-c1nn(C[C@H]3CCOC3)cc1CC2. The van der Waals surface area contributed by atoms with Crippen LogP contribution in [0, 0.1) is 12.8 Å². The minimum atomic E-state index is -0.0405. The van der Waals surface area contributed by atoms with Gasteiger partial charge < -0.3 is 23.4 Å². The second-order valence-corrected chi connectivity index (χ2v) is 8.80. The highest BCUT2D eigenvalue weighted by atomic mass is 16.6. The smallest absolute Gasteiger partial charge is 0.157 e. The first-order chi connectivity index (χ1) is 14.8. The van der Waals surface area contributed by atoms with E-state index in [9.17, 15) is 0 Å². The molecule has 2 aromatic heterocycles. The molecule has 0 aromatic carbocycles. The molecular weight excluding hydrogens is 386 g/mol. The summed E-state index contributed by atoms with van der Waals surface area (Å²) < 4.78 is 31.0. The number of furan rings is 1. The average molecular weight is 415 g/mol. The van der Waals surface area contributed by atoms with Crippen molar-refractivity contribution in [1.82, 2.24) is 15.1 Å². The normalized spacial score (nSPS) is 30.3. The molecular formula is C22H29N3O5. The lowest BCUT2D eigenvalue weighted by Gasteiger charge is -2.22. The topological polar surface area (TPSA) is 83.2 Å². The summed E-state index contributed by atoms with van der Waals surface area (Å²) in [6.07, 6.45) is 5.25. The maximum Gasteiger partial charge on any atom is 0.157 e. The Hall–Kier alpha value is -1.71. The number of epoxide rings is 1. The van der Waals surface area contributed by atoms with Crippen LogP contribution in [0.1, 0.15) is 35.2 Å². The first-order valence-electron chi connectivity index (χ1n) is 11.1. The fourth-order valence-corrected chi connectivity index (χ4v) is 4.91. The monoisotopic (exact) mass is 415 g/mol. The molecule has 2 unspecified atom stereocenters. The third-order valence-electron chi connectivity index (χ3n) is 6.60. The Labute approximate surface area is 175 Å². The molecule has 2 aromatic rings. The molecule has 1 aliphatic carbocycles. The van der Waals surface area contributed by atoms with Gasteiger partial charge >= 0.3 is 0 Å². The van der Waals surface area contributed by atoms with Crippen molar-refractivity contribution in [2.24, 2.45) is 5.92 Å². The first kappa shape index (κ1) is 19.0. The lowest BCUT2D eigenvalue weighted by Crippen LogP contribution is -2.38. The van der Waals surface area contributed by atoms with Crippen molar-refractivity contribution in [2.75, 3.05) is 39.6 Å². The van der Waals surface area contributed by atoms with Crippen LogP contribution < -0.4 is 5.32 Å². The lowest BCUT2D eigenvalue weighted by molar-refractivity contribution is -0.0870. The summed E-state index contributed by atoms with van der Waals surface area (Å²) in [5.74, 6) is 2.55. The first-order valence-corrected chi connectivity index (χ1v) is 11.1. The zero-order valence-corrected chi connectivity index (χ0v) is 17.4. The fourth-order valence-electron chi connectivity index (χ4n) is 4.91. The minimum absolute atomic E-state index is 0.0266. The van der Waals surface area contributed by atoms with Crippen LogP contribution in [0.25, 0.3) is 11.3 Å². The molecule has 0 amide bonds. The highest BCUT2D eigenvalue weighted by molar-refractivity contribution is 5.72. The van der Waals surface area contributed by atoms with Gasteiger partial charge in [-0.05, 0) is 25.3 Å². The van der Waals surface area contributed by atoms with E-state index in [0.29, 0.717) is 25.7 Å². The van der Waals surface area contributed by atoms with Crippen LogP contribution in [0.4, 0.5) is 0 Å². The minimum Gasteiger partial charge on any atom is -0.462 e. The van der Waals surface area contributed by atoms with Gasteiger partial charge in [-0.1, -0.05) is 0 Å². The van der Waals surface area contributed by atoms with Gasteiger partial charge in [-0.25, -0.2) is 0 Å². The molecule has 5 heterocycles. The Morgan fingerprint density at radius 1 is 1.17 bits per heavy atom. The number of fused-ring (bicyclic) bond motifs is 3. The van der Waals surface area contributed by atoms with Crippen LogP contribution >= 0.6 is 0 Å². The molecule has 0 spiro atoms. The van der Waals surface area contributed by atoms with Crippen LogP contribution in [0.5, 0.6) is 0 Å². The zero-order chi connectivity index (χ0) is 20.1. The highest BCUT2D eigenvalue weighted by Gasteiger charge is 2.45. The fraction of sp³-hybridized carbons (Fsp3) is 0.682. The van der Waals surface area contributed by atoms with E-state index in [2.05, 4.69) is 23.1 Å². The molecule has 6 rings (SSSR count). The van der Waals surface area contributed by atoms with Crippen molar-refractivity contribution >= 4 is 0 Å². The molecule has 8 nitrogen and oxygen atoms in total. The summed E-state index contributed by atoms with van der Waals surface area (Å²) in [5.41, 5.74) is 4.73. The number of ether oxygens (including phenoxy) is 4. The van der Waals surface area contributed by atoms with Crippen LogP contribution in [-0.2, 0) is 38.3 Å². The van der Waals surface area contributed by atoms with Gasteiger partial charge in [0.2, 0.25) is 0 Å². The van der Waals surface area contributed by atoms with Crippen molar-refractivity contribution in [3.05, 3.63) is 28.8 Å². The lowest BCUT2D eigenvalue weighted by atomic mass is 9.93. The van der Waals surface area contributed by atoms with E-state index in [1.54, 1.807) is 0 Å². The molecule has 162 valence electrons. The molecule has 3 fully saturated rings. The van der Waals surface area contributed by atoms with Crippen molar-refractivity contribution in [1.29, 1.82) is 0 Å². The Morgan fingerprint density at radius 2 is 2.10 bits per heavy atom. The Morgan fingerprint density at radius 3 is 2.93 bits per heavy atom. The number of hydrogen-bond acceptors (Lipinski definition) is 7. The quantitative estimate of drug-likeness (QED) is 0.723. The third kappa shape index (κ3) is 3.50. The van der Waals surface area contributed by atoms with E-state index in [0.717, 1.165) is 68.3 Å². The number of aryl methyl sites for hydroxylation is 2. The molecule has 30 heavy (non-hydrogen) atoms. The molecule has 1 N–H and O–H groups in total. The molecule has 0 saturated carbocycles. The predicted octanol–water partition coefficient (Wildman–Crippen LogP) is 1.99. The molecule has 4 atom stereocenters. The van der Waals surface area contributed by atoms with Gasteiger partial charge in [0.1, 0.15) is 17.7 Å². The molecule has 0 radical (unpaired) electrons. The number of aromatic nitrogens is 2. The zero-order valence-electron chi connectivity index (χ0n) is 17.4. The van der Waals surface area contributed by atoms with E-state index >= 15 is 0 Å². The van der Waals surface area contributed by atoms with Gasteiger partial charge in [-0.3, -0.25) is 10.00 Å². The van der Waals surface area contributed by atoms with E-state index in [4.69, 9.17) is 28.5 Å². The number of rotatable bonds is 6. The number of nitrogens with zero attached hydrogens (tertiary/aromatic N) is 2. The van der Waals surface area contributed by atoms with Crippen molar-refractivity contribution in [2.45, 2.75) is 51.2 Å². The van der Waals surface area contributed by atoms with Crippen LogP contribution in [0.3, 0.4) is 0 Å². The maximum absolute atomic E-state index is 6.29.